The van der Waals surface area contributed by atoms with Crippen LogP contribution in [0.5, 0.6) is 11.5 Å². The summed E-state index contributed by atoms with van der Waals surface area (Å²) in [4.78, 5) is 12.2. The molecule has 1 amide bonds. The highest BCUT2D eigenvalue weighted by atomic mass is 16.6. The normalized spacial score (nSPS) is 13.1. The maximum Gasteiger partial charge on any atom is 0.260 e. The first-order valence-corrected chi connectivity index (χ1v) is 5.87. The van der Waals surface area contributed by atoms with Crippen molar-refractivity contribution in [2.24, 2.45) is 0 Å². The van der Waals surface area contributed by atoms with Crippen molar-refractivity contribution < 1.29 is 18.8 Å². The first-order chi connectivity index (χ1) is 9.24. The van der Waals surface area contributed by atoms with Crippen LogP contribution in [0.2, 0.25) is 0 Å². The number of carbonyl (C=O) groups is 1. The number of nitrogens with one attached hydrogen (secondary N) is 1. The van der Waals surface area contributed by atoms with Crippen LogP contribution in [0.3, 0.4) is 0 Å². The summed E-state index contributed by atoms with van der Waals surface area (Å²) in [6, 6.07) is 6.84. The third-order valence-electron chi connectivity index (χ3n) is 2.68. The summed E-state index contributed by atoms with van der Waals surface area (Å²) in [5.74, 6) is 1.74. The van der Waals surface area contributed by atoms with Gasteiger partial charge in [0.15, 0.2) is 17.3 Å². The summed E-state index contributed by atoms with van der Waals surface area (Å²) in [7, 11) is 0. The van der Waals surface area contributed by atoms with Gasteiger partial charge in [0.2, 0.25) is 0 Å². The first-order valence-electron chi connectivity index (χ1n) is 5.87. The highest BCUT2D eigenvalue weighted by molar-refractivity contribution is 6.06. The third kappa shape index (κ3) is 2.24. The van der Waals surface area contributed by atoms with Gasteiger partial charge in [0.05, 0.1) is 5.56 Å². The molecule has 0 bridgehead atoms. The van der Waals surface area contributed by atoms with E-state index in [1.165, 1.54) is 0 Å². The van der Waals surface area contributed by atoms with Crippen molar-refractivity contribution in [3.8, 4) is 11.5 Å². The molecule has 0 aliphatic carbocycles. The van der Waals surface area contributed by atoms with E-state index in [4.69, 9.17) is 14.0 Å². The molecule has 3 rings (SSSR count). The number of aryl methyl sites for hydroxylation is 1. The van der Waals surface area contributed by atoms with E-state index in [9.17, 15) is 4.79 Å². The van der Waals surface area contributed by atoms with E-state index < -0.39 is 0 Å². The zero-order valence-electron chi connectivity index (χ0n) is 10.3. The molecule has 1 N–H and O–H groups in total. The van der Waals surface area contributed by atoms with Gasteiger partial charge in [-0.25, -0.2) is 0 Å². The number of anilines is 1. The molecule has 98 valence electrons. The molecule has 0 saturated heterocycles. The standard InChI is InChI=1S/C13H12N2O4/c1-8-7-11(15-19-8)14-13(16)9-3-2-4-10-12(9)18-6-5-17-10/h2-4,7H,5-6H2,1H3,(H,14,15,16). The Kier molecular flexibility index (Phi) is 2.83. The van der Waals surface area contributed by atoms with Crippen molar-refractivity contribution >= 4 is 11.7 Å². The number of hydrogen-bond acceptors (Lipinski definition) is 5. The Hall–Kier alpha value is -2.50. The molecule has 0 fully saturated rings. The smallest absolute Gasteiger partial charge is 0.260 e. The molecule has 1 aromatic heterocycles. The SMILES string of the molecule is Cc1cc(NC(=O)c2cccc3c2OCCO3)no1. The Bertz CT molecular complexity index is 621. The van der Waals surface area contributed by atoms with Crippen LogP contribution in [-0.2, 0) is 0 Å². The zero-order chi connectivity index (χ0) is 13.2. The maximum absolute atomic E-state index is 12.2. The molecule has 0 spiro atoms. The molecule has 6 heteroatoms. The van der Waals surface area contributed by atoms with Crippen LogP contribution in [0.1, 0.15) is 16.1 Å². The van der Waals surface area contributed by atoms with Gasteiger partial charge in [-0.15, -0.1) is 0 Å². The molecule has 0 unspecified atom stereocenters. The number of amides is 1. The quantitative estimate of drug-likeness (QED) is 0.894. The fourth-order valence-corrected chi connectivity index (χ4v) is 1.86. The predicted octanol–water partition coefficient (Wildman–Crippen LogP) is 2.01. The lowest BCUT2D eigenvalue weighted by atomic mass is 10.1. The lowest BCUT2D eigenvalue weighted by Crippen LogP contribution is -2.20. The number of benzene rings is 1. The highest BCUT2D eigenvalue weighted by Gasteiger charge is 2.20. The lowest BCUT2D eigenvalue weighted by Gasteiger charge is -2.20. The molecule has 19 heavy (non-hydrogen) atoms. The summed E-state index contributed by atoms with van der Waals surface area (Å²) < 4.78 is 15.8. The molecule has 2 heterocycles. The molecule has 2 aromatic rings. The van der Waals surface area contributed by atoms with Crippen molar-refractivity contribution in [1.82, 2.24) is 5.16 Å². The average molecular weight is 260 g/mol. The second-order valence-electron chi connectivity index (χ2n) is 4.11. The Labute approximate surface area is 109 Å². The van der Waals surface area contributed by atoms with Gasteiger partial charge in [0.1, 0.15) is 19.0 Å². The van der Waals surface area contributed by atoms with Gasteiger partial charge < -0.3 is 19.3 Å². The van der Waals surface area contributed by atoms with Crippen LogP contribution in [0.25, 0.3) is 0 Å². The number of aromatic nitrogens is 1. The van der Waals surface area contributed by atoms with Crippen molar-refractivity contribution in [3.05, 3.63) is 35.6 Å². The molecule has 1 aliphatic heterocycles. The average Bonchev–Trinajstić information content (AvgIpc) is 2.83. The third-order valence-corrected chi connectivity index (χ3v) is 2.68. The fraction of sp³-hybridized carbons (Fsp3) is 0.231. The zero-order valence-corrected chi connectivity index (χ0v) is 10.3. The fourth-order valence-electron chi connectivity index (χ4n) is 1.86. The van der Waals surface area contributed by atoms with E-state index in [-0.39, 0.29) is 5.91 Å². The van der Waals surface area contributed by atoms with E-state index in [1.807, 2.05) is 0 Å². The van der Waals surface area contributed by atoms with Crippen LogP contribution in [-0.4, -0.2) is 24.3 Å². The summed E-state index contributed by atoms with van der Waals surface area (Å²) in [6.07, 6.45) is 0. The molecule has 0 atom stereocenters. The van der Waals surface area contributed by atoms with Crippen molar-refractivity contribution in [1.29, 1.82) is 0 Å². The van der Waals surface area contributed by atoms with Crippen LogP contribution < -0.4 is 14.8 Å². The maximum atomic E-state index is 12.2. The Morgan fingerprint density at radius 3 is 2.95 bits per heavy atom. The molecular formula is C13H12N2O4. The number of para-hydroxylation sites is 1. The minimum atomic E-state index is -0.310. The summed E-state index contributed by atoms with van der Waals surface area (Å²) >= 11 is 0. The summed E-state index contributed by atoms with van der Waals surface area (Å²) in [5, 5.41) is 6.36. The topological polar surface area (TPSA) is 73.6 Å². The van der Waals surface area contributed by atoms with E-state index in [0.29, 0.717) is 41.9 Å². The van der Waals surface area contributed by atoms with Crippen LogP contribution >= 0.6 is 0 Å². The molecule has 0 radical (unpaired) electrons. The van der Waals surface area contributed by atoms with Gasteiger partial charge in [-0.1, -0.05) is 11.2 Å². The minimum absolute atomic E-state index is 0.310. The van der Waals surface area contributed by atoms with Crippen molar-refractivity contribution in [2.45, 2.75) is 6.92 Å². The molecule has 1 aromatic carbocycles. The number of nitrogens with zero attached hydrogens (tertiary/aromatic N) is 1. The minimum Gasteiger partial charge on any atom is -0.486 e. The second-order valence-corrected chi connectivity index (χ2v) is 4.11. The molecular weight excluding hydrogens is 248 g/mol. The van der Waals surface area contributed by atoms with Crippen LogP contribution in [0.15, 0.2) is 28.8 Å². The van der Waals surface area contributed by atoms with Gasteiger partial charge in [-0.2, -0.15) is 0 Å². The number of rotatable bonds is 2. The Morgan fingerprint density at radius 2 is 2.16 bits per heavy atom. The number of fused-ring (bicyclic) bond motifs is 1. The predicted molar refractivity (Wildman–Crippen MR) is 66.6 cm³/mol. The number of hydrogen-bond donors (Lipinski definition) is 1. The molecule has 0 saturated carbocycles. The molecule has 6 nitrogen and oxygen atoms in total. The number of ether oxygens (including phenoxy) is 2. The Morgan fingerprint density at radius 1 is 1.32 bits per heavy atom. The van der Waals surface area contributed by atoms with Gasteiger partial charge in [0.25, 0.3) is 5.91 Å². The van der Waals surface area contributed by atoms with Crippen LogP contribution in [0, 0.1) is 6.92 Å². The Balaban J connectivity index is 1.87. The van der Waals surface area contributed by atoms with Gasteiger partial charge in [0, 0.05) is 6.07 Å². The molecule has 1 aliphatic rings. The first kappa shape index (κ1) is 11.6. The number of carbonyl (C=O) groups excluding carboxylic acids is 1. The van der Waals surface area contributed by atoms with Gasteiger partial charge in [-0.05, 0) is 19.1 Å². The second kappa shape index (κ2) is 4.64. The van der Waals surface area contributed by atoms with E-state index >= 15 is 0 Å². The lowest BCUT2D eigenvalue weighted by molar-refractivity contribution is 0.101. The van der Waals surface area contributed by atoms with Gasteiger partial charge in [-0.3, -0.25) is 4.79 Å². The van der Waals surface area contributed by atoms with Crippen molar-refractivity contribution in [3.63, 3.8) is 0 Å². The van der Waals surface area contributed by atoms with E-state index in [0.717, 1.165) is 0 Å². The van der Waals surface area contributed by atoms with E-state index in [2.05, 4.69) is 10.5 Å². The highest BCUT2D eigenvalue weighted by Crippen LogP contribution is 2.33. The van der Waals surface area contributed by atoms with Crippen LogP contribution in [0.4, 0.5) is 5.82 Å². The summed E-state index contributed by atoms with van der Waals surface area (Å²) in [5.41, 5.74) is 0.415. The monoisotopic (exact) mass is 260 g/mol. The largest absolute Gasteiger partial charge is 0.486 e. The van der Waals surface area contributed by atoms with Gasteiger partial charge >= 0.3 is 0 Å². The van der Waals surface area contributed by atoms with E-state index in [1.54, 1.807) is 31.2 Å². The summed E-state index contributed by atoms with van der Waals surface area (Å²) in [6.45, 7) is 2.67. The van der Waals surface area contributed by atoms with Crippen molar-refractivity contribution in [2.75, 3.05) is 18.5 Å².